The molecule has 34 heavy (non-hydrogen) atoms. The first-order valence-corrected chi connectivity index (χ1v) is 11.1. The van der Waals surface area contributed by atoms with Crippen molar-refractivity contribution in [1.29, 1.82) is 0 Å². The Bertz CT molecular complexity index is 1660. The molecule has 2 N–H and O–H groups in total. The topological polar surface area (TPSA) is 123 Å². The lowest BCUT2D eigenvalue weighted by Gasteiger charge is -2.12. The van der Waals surface area contributed by atoms with Crippen LogP contribution in [0.4, 0.5) is 14.6 Å². The van der Waals surface area contributed by atoms with E-state index in [2.05, 4.69) is 9.97 Å². The van der Waals surface area contributed by atoms with Gasteiger partial charge >= 0.3 is 5.63 Å². The van der Waals surface area contributed by atoms with Crippen molar-refractivity contribution in [3.05, 3.63) is 87.5 Å². The van der Waals surface area contributed by atoms with Crippen LogP contribution < -0.4 is 19.8 Å². The first-order valence-electron chi connectivity index (χ1n) is 11.1. The number of ether oxygens (including phenoxy) is 1. The third-order valence-corrected chi connectivity index (χ3v) is 5.63. The summed E-state index contributed by atoms with van der Waals surface area (Å²) < 4.78 is 87.7. The summed E-state index contributed by atoms with van der Waals surface area (Å²) in [5, 5.41) is 0.501. The summed E-state index contributed by atoms with van der Waals surface area (Å²) in [6, 6.07) is 8.31. The average molecular weight is 491 g/mol. The molecule has 3 aromatic heterocycles. The maximum absolute atomic E-state index is 15.0. The molecule has 0 aliphatic carbocycles. The van der Waals surface area contributed by atoms with E-state index in [1.54, 1.807) is 17.7 Å². The molecule has 1 aromatic carbocycles. The molecule has 0 unspecified atom stereocenters. The van der Waals surface area contributed by atoms with Crippen LogP contribution in [0.2, 0.25) is 0 Å². The predicted octanol–water partition coefficient (Wildman–Crippen LogP) is 3.43. The molecular formula is C22H18F2N4O5S. The van der Waals surface area contributed by atoms with Crippen molar-refractivity contribution in [2.75, 3.05) is 11.7 Å². The van der Waals surface area contributed by atoms with E-state index in [4.69, 9.17) is 13.3 Å². The minimum atomic E-state index is -4.66. The highest BCUT2D eigenvalue weighted by atomic mass is 32.2. The van der Waals surface area contributed by atoms with Crippen LogP contribution >= 0.6 is 0 Å². The molecule has 0 saturated heterocycles. The number of hydrogen-bond donors (Lipinski definition) is 2. The number of rotatable bonds is 7. The van der Waals surface area contributed by atoms with Crippen LogP contribution in [0.15, 0.2) is 58.0 Å². The van der Waals surface area contributed by atoms with Gasteiger partial charge in [-0.2, -0.15) is 8.42 Å². The molecule has 0 fully saturated rings. The molecule has 176 valence electrons. The van der Waals surface area contributed by atoms with Crippen molar-refractivity contribution in [3.63, 3.8) is 0 Å². The number of benzene rings is 1. The van der Waals surface area contributed by atoms with Crippen LogP contribution in [-0.4, -0.2) is 25.4 Å². The van der Waals surface area contributed by atoms with Crippen molar-refractivity contribution in [2.24, 2.45) is 0 Å². The summed E-state index contributed by atoms with van der Waals surface area (Å²) in [6.07, 6.45) is 2.18. The van der Waals surface area contributed by atoms with Gasteiger partial charge in [-0.25, -0.2) is 28.3 Å². The number of aromatic nitrogens is 2. The van der Waals surface area contributed by atoms with E-state index in [1.165, 1.54) is 41.3 Å². The molecule has 0 aliphatic rings. The van der Waals surface area contributed by atoms with Crippen LogP contribution in [0.25, 0.3) is 11.0 Å². The third kappa shape index (κ3) is 4.72. The Balaban J connectivity index is 1.64. The lowest BCUT2D eigenvalue weighted by Crippen LogP contribution is -2.27. The van der Waals surface area contributed by atoms with E-state index in [0.717, 1.165) is 6.20 Å². The summed E-state index contributed by atoms with van der Waals surface area (Å²) in [6.45, 7) is -1.42. The second kappa shape index (κ2) is 9.15. The van der Waals surface area contributed by atoms with Crippen LogP contribution in [0.5, 0.6) is 11.6 Å². The van der Waals surface area contributed by atoms with E-state index >= 15 is 4.39 Å². The van der Waals surface area contributed by atoms with Crippen molar-refractivity contribution >= 4 is 27.0 Å². The van der Waals surface area contributed by atoms with Gasteiger partial charge in [0.1, 0.15) is 11.3 Å². The fourth-order valence-electron chi connectivity index (χ4n) is 3.23. The SMILES string of the molecule is [2H]C([2H])([2H])NS(=O)(=O)Nc1nccc(Cc2c(C)c3ccc(Oc4ncccc4F)cc3oc2=O)c1F. The number of aryl methyl sites for hydroxylation is 1. The lowest BCUT2D eigenvalue weighted by molar-refractivity contribution is 0.422. The molecule has 0 spiro atoms. The number of nitrogens with zero attached hydrogens (tertiary/aromatic N) is 2. The monoisotopic (exact) mass is 491 g/mol. The van der Waals surface area contributed by atoms with Crippen molar-refractivity contribution in [3.8, 4) is 11.6 Å². The summed E-state index contributed by atoms with van der Waals surface area (Å²) in [5.41, 5.74) is -0.185. The van der Waals surface area contributed by atoms with Gasteiger partial charge in [-0.1, -0.05) is 0 Å². The normalized spacial score (nSPS) is 13.2. The highest BCUT2D eigenvalue weighted by Crippen LogP contribution is 2.29. The van der Waals surface area contributed by atoms with Gasteiger partial charge < -0.3 is 9.15 Å². The van der Waals surface area contributed by atoms with E-state index in [1.807, 2.05) is 0 Å². The number of hydrogen-bond acceptors (Lipinski definition) is 7. The maximum atomic E-state index is 15.0. The van der Waals surface area contributed by atoms with Gasteiger partial charge in [-0.15, -0.1) is 0 Å². The maximum Gasteiger partial charge on any atom is 0.340 e. The fourth-order valence-corrected chi connectivity index (χ4v) is 3.68. The molecule has 4 rings (SSSR count). The zero-order valence-corrected chi connectivity index (χ0v) is 18.2. The molecule has 4 aromatic rings. The van der Waals surface area contributed by atoms with Crippen LogP contribution in [0, 0.1) is 18.6 Å². The summed E-state index contributed by atoms with van der Waals surface area (Å²) in [5.74, 6) is -2.61. The largest absolute Gasteiger partial charge is 0.436 e. The number of fused-ring (bicyclic) bond motifs is 1. The quantitative estimate of drug-likeness (QED) is 0.380. The van der Waals surface area contributed by atoms with Gasteiger partial charge in [0.2, 0.25) is 0 Å². The van der Waals surface area contributed by atoms with Crippen LogP contribution in [-0.2, 0) is 16.6 Å². The number of pyridine rings is 2. The third-order valence-electron chi connectivity index (χ3n) is 4.90. The zero-order chi connectivity index (χ0) is 27.0. The van der Waals surface area contributed by atoms with E-state index in [0.29, 0.717) is 10.9 Å². The van der Waals surface area contributed by atoms with E-state index in [-0.39, 0.29) is 34.8 Å². The molecular weight excluding hydrogens is 470 g/mol. The van der Waals surface area contributed by atoms with Crippen molar-refractivity contribution in [2.45, 2.75) is 13.3 Å². The molecule has 0 atom stereocenters. The van der Waals surface area contributed by atoms with Crippen molar-refractivity contribution in [1.82, 2.24) is 14.7 Å². The highest BCUT2D eigenvalue weighted by Gasteiger charge is 2.19. The lowest BCUT2D eigenvalue weighted by atomic mass is 10.00. The first kappa shape index (κ1) is 19.6. The number of halogens is 2. The van der Waals surface area contributed by atoms with Gasteiger partial charge in [0.05, 0.1) is 0 Å². The summed E-state index contributed by atoms with van der Waals surface area (Å²) in [7, 11) is -4.66. The average Bonchev–Trinajstić information content (AvgIpc) is 2.78. The Hall–Kier alpha value is -3.90. The second-order valence-electron chi connectivity index (χ2n) is 7.06. The van der Waals surface area contributed by atoms with E-state index < -0.39 is 40.3 Å². The van der Waals surface area contributed by atoms with Crippen LogP contribution in [0.3, 0.4) is 0 Å². The highest BCUT2D eigenvalue weighted by molar-refractivity contribution is 7.90. The predicted molar refractivity (Wildman–Crippen MR) is 120 cm³/mol. The molecule has 0 bridgehead atoms. The van der Waals surface area contributed by atoms with Crippen molar-refractivity contribution < 1.29 is 30.5 Å². The van der Waals surface area contributed by atoms with Gasteiger partial charge in [0.15, 0.2) is 17.5 Å². The Morgan fingerprint density at radius 1 is 1.18 bits per heavy atom. The Labute approximate surface area is 196 Å². The van der Waals surface area contributed by atoms with Gasteiger partial charge in [0.25, 0.3) is 16.1 Å². The van der Waals surface area contributed by atoms with Gasteiger partial charge in [-0.05, 0) is 48.4 Å². The first-order chi connectivity index (χ1) is 17.3. The van der Waals surface area contributed by atoms with Gasteiger partial charge in [-0.3, -0.25) is 4.72 Å². The fraction of sp³-hybridized carbons (Fsp3) is 0.136. The smallest absolute Gasteiger partial charge is 0.340 e. The summed E-state index contributed by atoms with van der Waals surface area (Å²) in [4.78, 5) is 20.2. The summed E-state index contributed by atoms with van der Waals surface area (Å²) >= 11 is 0. The molecule has 9 nitrogen and oxygen atoms in total. The molecule has 0 saturated carbocycles. The van der Waals surface area contributed by atoms with Crippen LogP contribution in [0.1, 0.15) is 20.8 Å². The molecule has 12 heteroatoms. The second-order valence-corrected chi connectivity index (χ2v) is 8.48. The Morgan fingerprint density at radius 3 is 2.76 bits per heavy atom. The molecule has 0 amide bonds. The Morgan fingerprint density at radius 2 is 2.00 bits per heavy atom. The standard InChI is InChI=1S/C22H18F2N4O5S/c1-12-15-6-5-14(32-21-17(23)4-3-8-27-21)11-18(15)33-22(29)16(12)10-13-7-9-26-20(19(13)24)28-34(30,31)25-2/h3-9,11,25H,10H2,1-2H3,(H,26,28)/i2D3. The number of nitrogens with one attached hydrogen (secondary N) is 2. The number of anilines is 1. The van der Waals surface area contributed by atoms with E-state index in [9.17, 15) is 17.6 Å². The molecule has 3 heterocycles. The molecule has 0 radical (unpaired) electrons. The van der Waals surface area contributed by atoms with Gasteiger partial charge in [0, 0.05) is 46.9 Å². The molecule has 0 aliphatic heterocycles. The minimum Gasteiger partial charge on any atom is -0.436 e. The minimum absolute atomic E-state index is 0.0939. The Kier molecular flexibility index (Phi) is 5.27. The zero-order valence-electron chi connectivity index (χ0n) is 20.4.